The Kier molecular flexibility index (Phi) is 7.36. The number of carbonyl (C=O) groups is 1. The number of halogens is 2. The number of carbonyl (C=O) groups excluding carboxylic acids is 1. The number of ether oxygens (including phenoxy) is 1. The highest BCUT2D eigenvalue weighted by atomic mass is 35.5. The number of benzene rings is 3. The van der Waals surface area contributed by atoms with Gasteiger partial charge in [-0.15, -0.1) is 0 Å². The van der Waals surface area contributed by atoms with Crippen LogP contribution in [0.2, 0.25) is 10.0 Å². The van der Waals surface area contributed by atoms with Gasteiger partial charge < -0.3 is 10.1 Å². The average molecular weight is 451 g/mol. The summed E-state index contributed by atoms with van der Waals surface area (Å²) in [5.41, 5.74) is 3.98. The molecule has 0 fully saturated rings. The number of nitrogens with zero attached hydrogens (tertiary/aromatic N) is 1. The lowest BCUT2D eigenvalue weighted by atomic mass is 10.1. The Labute approximate surface area is 191 Å². The molecule has 0 unspecified atom stereocenters. The Morgan fingerprint density at radius 2 is 1.81 bits per heavy atom. The average Bonchev–Trinajstić information content (AvgIpc) is 2.74. The van der Waals surface area contributed by atoms with E-state index in [1.54, 1.807) is 18.2 Å². The Morgan fingerprint density at radius 3 is 2.48 bits per heavy atom. The van der Waals surface area contributed by atoms with Crippen LogP contribution in [-0.4, -0.2) is 5.91 Å². The van der Waals surface area contributed by atoms with Gasteiger partial charge in [0.1, 0.15) is 24.0 Å². The van der Waals surface area contributed by atoms with Gasteiger partial charge in [-0.3, -0.25) is 4.79 Å². The van der Waals surface area contributed by atoms with E-state index in [9.17, 15) is 10.1 Å². The van der Waals surface area contributed by atoms with Crippen LogP contribution < -0.4 is 10.1 Å². The molecule has 0 aromatic heterocycles. The van der Waals surface area contributed by atoms with Crippen molar-refractivity contribution in [2.75, 3.05) is 5.32 Å². The summed E-state index contributed by atoms with van der Waals surface area (Å²) in [5.74, 6) is -0.180. The molecule has 0 saturated heterocycles. The third kappa shape index (κ3) is 5.88. The summed E-state index contributed by atoms with van der Waals surface area (Å²) in [4.78, 5) is 12.7. The largest absolute Gasteiger partial charge is 0.487 e. The molecule has 0 bridgehead atoms. The molecule has 31 heavy (non-hydrogen) atoms. The van der Waals surface area contributed by atoms with Gasteiger partial charge >= 0.3 is 0 Å². The highest BCUT2D eigenvalue weighted by molar-refractivity contribution is 6.36. The minimum absolute atomic E-state index is 0.0956. The third-order valence-corrected chi connectivity index (χ3v) is 5.10. The number of amides is 1. The predicted molar refractivity (Wildman–Crippen MR) is 125 cm³/mol. The van der Waals surface area contributed by atoms with Gasteiger partial charge in [0.05, 0.1) is 5.02 Å². The van der Waals surface area contributed by atoms with E-state index in [-0.39, 0.29) is 12.2 Å². The normalized spacial score (nSPS) is 11.0. The summed E-state index contributed by atoms with van der Waals surface area (Å²) in [7, 11) is 0. The van der Waals surface area contributed by atoms with Crippen LogP contribution in [0.3, 0.4) is 0 Å². The molecule has 0 aliphatic carbocycles. The molecule has 1 N–H and O–H groups in total. The first-order valence-electron chi connectivity index (χ1n) is 9.53. The fraction of sp³-hybridized carbons (Fsp3) is 0.120. The lowest BCUT2D eigenvalue weighted by Gasteiger charge is -2.13. The molecule has 156 valence electrons. The lowest BCUT2D eigenvalue weighted by Crippen LogP contribution is -2.14. The van der Waals surface area contributed by atoms with Crippen LogP contribution in [-0.2, 0) is 11.4 Å². The standard InChI is InChI=1S/C25H20Cl2N2O2/c1-16-7-9-18(10-8-16)15-31-24-19(12-21(26)13-22(24)27)11-20(14-28)25(30)29-23-6-4-3-5-17(23)2/h3-13H,15H2,1-2H3,(H,29,30)/b20-11+. The molecule has 0 atom stereocenters. The number of nitriles is 1. The van der Waals surface area contributed by atoms with Crippen LogP contribution in [0.25, 0.3) is 6.08 Å². The number of anilines is 1. The maximum atomic E-state index is 12.7. The summed E-state index contributed by atoms with van der Waals surface area (Å²) in [6.45, 7) is 4.16. The molecule has 1 amide bonds. The van der Waals surface area contributed by atoms with Crippen molar-refractivity contribution in [1.29, 1.82) is 5.26 Å². The molecule has 0 spiro atoms. The van der Waals surface area contributed by atoms with Gasteiger partial charge in [-0.2, -0.15) is 5.26 Å². The number of hydrogen-bond donors (Lipinski definition) is 1. The molecule has 4 nitrogen and oxygen atoms in total. The molecular formula is C25H20Cl2N2O2. The van der Waals surface area contributed by atoms with Crippen LogP contribution in [0.4, 0.5) is 5.69 Å². The molecule has 3 aromatic carbocycles. The Hall–Kier alpha value is -3.26. The van der Waals surface area contributed by atoms with Crippen molar-refractivity contribution in [1.82, 2.24) is 0 Å². The summed E-state index contributed by atoms with van der Waals surface area (Å²) in [5, 5.41) is 13.0. The molecule has 0 heterocycles. The number of nitrogens with one attached hydrogen (secondary N) is 1. The van der Waals surface area contributed by atoms with Crippen molar-refractivity contribution >= 4 is 40.9 Å². The summed E-state index contributed by atoms with van der Waals surface area (Å²) < 4.78 is 5.94. The minimum atomic E-state index is -0.530. The van der Waals surface area contributed by atoms with Crippen molar-refractivity contribution in [2.24, 2.45) is 0 Å². The number of para-hydroxylation sites is 1. The predicted octanol–water partition coefficient (Wildman–Crippen LogP) is 6.73. The van der Waals surface area contributed by atoms with Crippen LogP contribution in [0.1, 0.15) is 22.3 Å². The molecule has 3 aromatic rings. The zero-order chi connectivity index (χ0) is 22.4. The van der Waals surface area contributed by atoms with E-state index in [1.807, 2.05) is 62.4 Å². The Bertz CT molecular complexity index is 1180. The third-order valence-electron chi connectivity index (χ3n) is 4.60. The summed E-state index contributed by atoms with van der Waals surface area (Å²) in [6, 6.07) is 20.4. The zero-order valence-corrected chi connectivity index (χ0v) is 18.6. The van der Waals surface area contributed by atoms with Crippen LogP contribution in [0.15, 0.2) is 66.2 Å². The van der Waals surface area contributed by atoms with Gasteiger partial charge in [-0.1, -0.05) is 71.2 Å². The zero-order valence-electron chi connectivity index (χ0n) is 17.1. The van der Waals surface area contributed by atoms with Crippen molar-refractivity contribution in [3.8, 4) is 11.8 Å². The van der Waals surface area contributed by atoms with E-state index in [0.717, 1.165) is 16.7 Å². The first-order valence-corrected chi connectivity index (χ1v) is 10.3. The molecule has 0 aliphatic rings. The SMILES string of the molecule is Cc1ccc(COc2c(Cl)cc(Cl)cc2/C=C(\C#N)C(=O)Nc2ccccc2C)cc1. The second-order valence-electron chi connectivity index (χ2n) is 7.02. The van der Waals surface area contributed by atoms with E-state index in [0.29, 0.717) is 27.0 Å². The van der Waals surface area contributed by atoms with Gasteiger partial charge in [-0.25, -0.2) is 0 Å². The van der Waals surface area contributed by atoms with Gasteiger partial charge in [0.2, 0.25) is 0 Å². The summed E-state index contributed by atoms with van der Waals surface area (Å²) >= 11 is 12.5. The van der Waals surface area contributed by atoms with E-state index in [2.05, 4.69) is 5.32 Å². The van der Waals surface area contributed by atoms with Crippen LogP contribution in [0, 0.1) is 25.2 Å². The number of hydrogen-bond acceptors (Lipinski definition) is 3. The quantitative estimate of drug-likeness (QED) is 0.334. The van der Waals surface area contributed by atoms with Crippen molar-refractivity contribution < 1.29 is 9.53 Å². The van der Waals surface area contributed by atoms with Crippen molar-refractivity contribution in [3.63, 3.8) is 0 Å². The molecule has 0 radical (unpaired) electrons. The fourth-order valence-corrected chi connectivity index (χ4v) is 3.45. The van der Waals surface area contributed by atoms with Gasteiger partial charge in [0.15, 0.2) is 0 Å². The monoisotopic (exact) mass is 450 g/mol. The molecule has 0 aliphatic heterocycles. The van der Waals surface area contributed by atoms with E-state index >= 15 is 0 Å². The minimum Gasteiger partial charge on any atom is -0.487 e. The fourth-order valence-electron chi connectivity index (χ4n) is 2.89. The Morgan fingerprint density at radius 1 is 1.10 bits per heavy atom. The van der Waals surface area contributed by atoms with E-state index < -0.39 is 5.91 Å². The van der Waals surface area contributed by atoms with E-state index in [4.69, 9.17) is 27.9 Å². The Balaban J connectivity index is 1.89. The molecule has 0 saturated carbocycles. The number of rotatable bonds is 6. The second-order valence-corrected chi connectivity index (χ2v) is 7.86. The van der Waals surface area contributed by atoms with E-state index in [1.165, 1.54) is 6.08 Å². The van der Waals surface area contributed by atoms with Crippen molar-refractivity contribution in [2.45, 2.75) is 20.5 Å². The first-order chi connectivity index (χ1) is 14.9. The lowest BCUT2D eigenvalue weighted by molar-refractivity contribution is -0.112. The maximum Gasteiger partial charge on any atom is 0.266 e. The highest BCUT2D eigenvalue weighted by Gasteiger charge is 2.15. The topological polar surface area (TPSA) is 62.1 Å². The van der Waals surface area contributed by atoms with Crippen molar-refractivity contribution in [3.05, 3.63) is 98.5 Å². The van der Waals surface area contributed by atoms with Gasteiger partial charge in [-0.05, 0) is 49.2 Å². The molecule has 6 heteroatoms. The smallest absolute Gasteiger partial charge is 0.266 e. The highest BCUT2D eigenvalue weighted by Crippen LogP contribution is 2.34. The molecule has 3 rings (SSSR count). The second kappa shape index (κ2) is 10.2. The summed E-state index contributed by atoms with van der Waals surface area (Å²) in [6.07, 6.45) is 1.43. The molecular weight excluding hydrogens is 431 g/mol. The van der Waals surface area contributed by atoms with Crippen LogP contribution >= 0.6 is 23.2 Å². The van der Waals surface area contributed by atoms with Gasteiger partial charge in [0, 0.05) is 16.3 Å². The first kappa shape index (κ1) is 22.4. The maximum absolute atomic E-state index is 12.7. The van der Waals surface area contributed by atoms with Gasteiger partial charge in [0.25, 0.3) is 5.91 Å². The van der Waals surface area contributed by atoms with Crippen LogP contribution in [0.5, 0.6) is 5.75 Å². The number of aryl methyl sites for hydroxylation is 2.